The van der Waals surface area contributed by atoms with E-state index in [0.29, 0.717) is 15.1 Å². The van der Waals surface area contributed by atoms with Crippen molar-refractivity contribution in [3.63, 3.8) is 0 Å². The van der Waals surface area contributed by atoms with Crippen molar-refractivity contribution in [2.45, 2.75) is 0 Å². The lowest BCUT2D eigenvalue weighted by atomic mass is 10.2. The lowest BCUT2D eigenvalue weighted by Crippen LogP contribution is -2.30. The van der Waals surface area contributed by atoms with E-state index in [0.717, 1.165) is 5.56 Å². The predicted octanol–water partition coefficient (Wildman–Crippen LogP) is 2.72. The van der Waals surface area contributed by atoms with Gasteiger partial charge in [-0.05, 0) is 18.2 Å². The Morgan fingerprint density at radius 1 is 1.41 bits per heavy atom. The molecule has 1 amide bonds. The molecule has 4 nitrogen and oxygen atoms in total. The van der Waals surface area contributed by atoms with Gasteiger partial charge in [0.05, 0.1) is 5.02 Å². The molecule has 0 saturated heterocycles. The number of aromatic nitrogens is 1. The van der Waals surface area contributed by atoms with Crippen LogP contribution in [0.5, 0.6) is 0 Å². The molecular weight excluding hydrogens is 281 g/mol. The Labute approximate surface area is 111 Å². The second kappa shape index (κ2) is 5.01. The third-order valence-electron chi connectivity index (χ3n) is 2.03. The number of hydrogen-bond donors (Lipinski definition) is 2. The van der Waals surface area contributed by atoms with Gasteiger partial charge in [0.15, 0.2) is 0 Å². The average Bonchev–Trinajstić information content (AvgIpc) is 2.77. The fraction of sp³-hybridized carbons (Fsp3) is 0. The summed E-state index contributed by atoms with van der Waals surface area (Å²) in [4.78, 5) is 15.4. The molecule has 2 rings (SSSR count). The van der Waals surface area contributed by atoms with Crippen LogP contribution in [0.2, 0.25) is 10.0 Å². The van der Waals surface area contributed by atoms with E-state index in [-0.39, 0.29) is 5.69 Å². The molecule has 0 aliphatic rings. The molecule has 0 fully saturated rings. The van der Waals surface area contributed by atoms with Gasteiger partial charge in [-0.1, -0.05) is 23.2 Å². The minimum Gasteiger partial charge on any atom is -0.289 e. The third-order valence-corrected chi connectivity index (χ3v) is 3.45. The lowest BCUT2D eigenvalue weighted by molar-refractivity contribution is 0.0949. The summed E-state index contributed by atoms with van der Waals surface area (Å²) in [6, 6.07) is 5.10. The number of halogens is 2. The number of nitrogens with one attached hydrogen (secondary N) is 1. The zero-order valence-electron chi connectivity index (χ0n) is 8.41. The first kappa shape index (κ1) is 12.3. The molecule has 0 aliphatic carbocycles. The maximum atomic E-state index is 11.3. The SMILES string of the molecule is NNC(=O)c1csc(-c2ccc(Cl)cc2Cl)n1. The van der Waals surface area contributed by atoms with Crippen LogP contribution in [0.15, 0.2) is 23.6 Å². The van der Waals surface area contributed by atoms with Gasteiger partial charge >= 0.3 is 0 Å². The van der Waals surface area contributed by atoms with Crippen molar-refractivity contribution in [2.24, 2.45) is 5.84 Å². The summed E-state index contributed by atoms with van der Waals surface area (Å²) >= 11 is 13.2. The quantitative estimate of drug-likeness (QED) is 0.507. The minimum absolute atomic E-state index is 0.263. The molecule has 3 N–H and O–H groups in total. The average molecular weight is 288 g/mol. The van der Waals surface area contributed by atoms with Crippen molar-refractivity contribution in [3.8, 4) is 10.6 Å². The van der Waals surface area contributed by atoms with Crippen molar-refractivity contribution in [1.29, 1.82) is 0 Å². The van der Waals surface area contributed by atoms with Gasteiger partial charge in [-0.3, -0.25) is 10.2 Å². The van der Waals surface area contributed by atoms with Crippen LogP contribution in [-0.4, -0.2) is 10.9 Å². The van der Waals surface area contributed by atoms with Gasteiger partial charge in [-0.25, -0.2) is 10.8 Å². The van der Waals surface area contributed by atoms with E-state index in [1.165, 1.54) is 11.3 Å². The molecule has 1 aromatic carbocycles. The van der Waals surface area contributed by atoms with Gasteiger partial charge < -0.3 is 0 Å². The Bertz CT molecular complexity index is 570. The van der Waals surface area contributed by atoms with Crippen LogP contribution in [0.4, 0.5) is 0 Å². The molecule has 7 heteroatoms. The Balaban J connectivity index is 2.40. The molecule has 1 aromatic heterocycles. The summed E-state index contributed by atoms with van der Waals surface area (Å²) in [5, 5.41) is 3.30. The van der Waals surface area contributed by atoms with Crippen molar-refractivity contribution >= 4 is 40.4 Å². The monoisotopic (exact) mass is 287 g/mol. The van der Waals surface area contributed by atoms with Crippen molar-refractivity contribution < 1.29 is 4.79 Å². The predicted molar refractivity (Wildman–Crippen MR) is 69.2 cm³/mol. The number of nitrogens with two attached hydrogens (primary N) is 1. The van der Waals surface area contributed by atoms with Crippen LogP contribution in [-0.2, 0) is 0 Å². The second-order valence-electron chi connectivity index (χ2n) is 3.14. The fourth-order valence-electron chi connectivity index (χ4n) is 1.24. The molecule has 0 aliphatic heterocycles. The maximum Gasteiger partial charge on any atom is 0.284 e. The molecule has 0 bridgehead atoms. The van der Waals surface area contributed by atoms with E-state index in [9.17, 15) is 4.79 Å². The highest BCUT2D eigenvalue weighted by Gasteiger charge is 2.12. The molecule has 2 aromatic rings. The highest BCUT2D eigenvalue weighted by atomic mass is 35.5. The van der Waals surface area contributed by atoms with Crippen LogP contribution in [0, 0.1) is 0 Å². The molecule has 17 heavy (non-hydrogen) atoms. The van der Waals surface area contributed by atoms with E-state index in [2.05, 4.69) is 4.98 Å². The van der Waals surface area contributed by atoms with E-state index < -0.39 is 5.91 Å². The lowest BCUT2D eigenvalue weighted by Gasteiger charge is -2.00. The topological polar surface area (TPSA) is 68.0 Å². The molecule has 1 heterocycles. The molecule has 0 radical (unpaired) electrons. The summed E-state index contributed by atoms with van der Waals surface area (Å²) in [6.07, 6.45) is 0. The highest BCUT2D eigenvalue weighted by molar-refractivity contribution is 7.13. The molecular formula is C10H7Cl2N3OS. The summed E-state index contributed by atoms with van der Waals surface area (Å²) in [5.74, 6) is 4.59. The van der Waals surface area contributed by atoms with Crippen LogP contribution in [0.25, 0.3) is 10.6 Å². The minimum atomic E-state index is -0.433. The molecule has 88 valence electrons. The van der Waals surface area contributed by atoms with Crippen molar-refractivity contribution in [3.05, 3.63) is 39.3 Å². The van der Waals surface area contributed by atoms with Crippen LogP contribution >= 0.6 is 34.5 Å². The zero-order chi connectivity index (χ0) is 12.4. The van der Waals surface area contributed by atoms with Gasteiger partial charge in [-0.15, -0.1) is 11.3 Å². The Morgan fingerprint density at radius 3 is 2.82 bits per heavy atom. The van der Waals surface area contributed by atoms with Crippen molar-refractivity contribution in [1.82, 2.24) is 10.4 Å². The van der Waals surface area contributed by atoms with Gasteiger partial charge in [0.1, 0.15) is 10.7 Å². The first-order chi connectivity index (χ1) is 8.11. The maximum absolute atomic E-state index is 11.3. The summed E-state index contributed by atoms with van der Waals surface area (Å²) in [5.41, 5.74) is 3.02. The summed E-state index contributed by atoms with van der Waals surface area (Å²) in [7, 11) is 0. The number of thiazole rings is 1. The van der Waals surface area contributed by atoms with E-state index in [1.807, 2.05) is 5.43 Å². The molecule has 0 unspecified atom stereocenters. The standard InChI is InChI=1S/C10H7Cl2N3OS/c11-5-1-2-6(7(12)3-5)10-14-8(4-17-10)9(16)15-13/h1-4H,13H2,(H,15,16). The van der Waals surface area contributed by atoms with Gasteiger partial charge in [0, 0.05) is 16.0 Å². The zero-order valence-corrected chi connectivity index (χ0v) is 10.7. The van der Waals surface area contributed by atoms with Crippen molar-refractivity contribution in [2.75, 3.05) is 0 Å². The van der Waals surface area contributed by atoms with Crippen LogP contribution < -0.4 is 11.3 Å². The van der Waals surface area contributed by atoms with Gasteiger partial charge in [0.2, 0.25) is 0 Å². The summed E-state index contributed by atoms with van der Waals surface area (Å²) in [6.45, 7) is 0. The number of carbonyl (C=O) groups is 1. The normalized spacial score (nSPS) is 10.3. The van der Waals surface area contributed by atoms with E-state index in [4.69, 9.17) is 29.0 Å². The van der Waals surface area contributed by atoms with Crippen LogP contribution in [0.1, 0.15) is 10.5 Å². The number of carbonyl (C=O) groups excluding carboxylic acids is 1. The highest BCUT2D eigenvalue weighted by Crippen LogP contribution is 2.32. The van der Waals surface area contributed by atoms with Gasteiger partial charge in [-0.2, -0.15) is 0 Å². The number of nitrogen functional groups attached to an aromatic ring is 1. The number of rotatable bonds is 2. The van der Waals surface area contributed by atoms with E-state index in [1.54, 1.807) is 23.6 Å². The Morgan fingerprint density at radius 2 is 2.18 bits per heavy atom. The Kier molecular flexibility index (Phi) is 3.63. The third kappa shape index (κ3) is 2.58. The number of amides is 1. The number of hydrazine groups is 1. The largest absolute Gasteiger partial charge is 0.289 e. The molecule has 0 spiro atoms. The smallest absolute Gasteiger partial charge is 0.284 e. The van der Waals surface area contributed by atoms with Crippen LogP contribution in [0.3, 0.4) is 0 Å². The first-order valence-electron chi connectivity index (χ1n) is 4.53. The van der Waals surface area contributed by atoms with Gasteiger partial charge in [0.25, 0.3) is 5.91 Å². The molecule has 0 atom stereocenters. The first-order valence-corrected chi connectivity index (χ1v) is 6.17. The Hall–Kier alpha value is -1.14. The number of benzene rings is 1. The number of hydrogen-bond acceptors (Lipinski definition) is 4. The van der Waals surface area contributed by atoms with E-state index >= 15 is 0 Å². The fourth-order valence-corrected chi connectivity index (χ4v) is 2.63. The molecule has 0 saturated carbocycles. The summed E-state index contributed by atoms with van der Waals surface area (Å²) < 4.78 is 0. The second-order valence-corrected chi connectivity index (χ2v) is 4.84. The number of nitrogens with zero attached hydrogens (tertiary/aromatic N) is 1.